The third-order valence-corrected chi connectivity index (χ3v) is 4.75. The summed E-state index contributed by atoms with van der Waals surface area (Å²) in [6.07, 6.45) is 0. The molecule has 0 aliphatic heterocycles. The van der Waals surface area contributed by atoms with Gasteiger partial charge in [0, 0.05) is 34.4 Å². The molecule has 0 saturated heterocycles. The van der Waals surface area contributed by atoms with Crippen molar-refractivity contribution >= 4 is 33.6 Å². The first-order valence-electron chi connectivity index (χ1n) is 7.06. The average Bonchev–Trinajstić information content (AvgIpc) is 2.87. The number of aryl methyl sites for hydroxylation is 1. The van der Waals surface area contributed by atoms with Crippen LogP contribution in [0.4, 0.5) is 5.69 Å². The molecule has 3 rings (SSSR count). The fourth-order valence-electron chi connectivity index (χ4n) is 2.42. The second-order valence-electron chi connectivity index (χ2n) is 5.07. The van der Waals surface area contributed by atoms with Crippen molar-refractivity contribution in [2.75, 3.05) is 11.4 Å². The van der Waals surface area contributed by atoms with Gasteiger partial charge in [-0.25, -0.2) is 4.98 Å². The Morgan fingerprint density at radius 2 is 2.05 bits per heavy atom. The van der Waals surface area contributed by atoms with E-state index in [1.54, 1.807) is 10.5 Å². The van der Waals surface area contributed by atoms with E-state index in [1.165, 1.54) is 11.3 Å². The van der Waals surface area contributed by atoms with Crippen LogP contribution in [0.1, 0.15) is 18.3 Å². The number of fused-ring (bicyclic) bond motifs is 1. The molecule has 0 aliphatic rings. The van der Waals surface area contributed by atoms with E-state index in [-0.39, 0.29) is 5.56 Å². The van der Waals surface area contributed by atoms with Crippen LogP contribution < -0.4 is 10.5 Å². The van der Waals surface area contributed by atoms with Crippen molar-refractivity contribution in [1.82, 2.24) is 9.38 Å². The second-order valence-corrected chi connectivity index (χ2v) is 6.34. The Labute approximate surface area is 137 Å². The maximum atomic E-state index is 12.2. The molecule has 2 aromatic heterocycles. The van der Waals surface area contributed by atoms with E-state index in [2.05, 4.69) is 16.8 Å². The molecule has 1 aromatic carbocycles. The van der Waals surface area contributed by atoms with Crippen LogP contribution in [-0.4, -0.2) is 15.9 Å². The number of rotatable bonds is 4. The highest BCUT2D eigenvalue weighted by atomic mass is 35.5. The predicted molar refractivity (Wildman–Crippen MR) is 92.3 cm³/mol. The van der Waals surface area contributed by atoms with Crippen LogP contribution in [0.2, 0.25) is 5.02 Å². The van der Waals surface area contributed by atoms with Crippen molar-refractivity contribution in [3.05, 3.63) is 62.5 Å². The molecule has 0 aliphatic carbocycles. The molecule has 0 atom stereocenters. The largest absolute Gasteiger partial charge is 0.366 e. The van der Waals surface area contributed by atoms with Gasteiger partial charge in [0.15, 0.2) is 4.96 Å². The van der Waals surface area contributed by atoms with E-state index in [0.717, 1.165) is 28.6 Å². The molecule has 114 valence electrons. The van der Waals surface area contributed by atoms with Gasteiger partial charge in [-0.2, -0.15) is 0 Å². The number of thiazole rings is 1. The van der Waals surface area contributed by atoms with Gasteiger partial charge in [0.05, 0.1) is 12.2 Å². The Balaban J connectivity index is 1.93. The highest BCUT2D eigenvalue weighted by Gasteiger charge is 2.10. The lowest BCUT2D eigenvalue weighted by Crippen LogP contribution is -2.24. The zero-order chi connectivity index (χ0) is 15.7. The average molecular weight is 334 g/mol. The zero-order valence-electron chi connectivity index (χ0n) is 12.4. The number of anilines is 1. The number of hydrogen-bond donors (Lipinski definition) is 0. The highest BCUT2D eigenvalue weighted by Crippen LogP contribution is 2.20. The van der Waals surface area contributed by atoms with Crippen molar-refractivity contribution in [2.24, 2.45) is 0 Å². The summed E-state index contributed by atoms with van der Waals surface area (Å²) >= 11 is 7.43. The monoisotopic (exact) mass is 333 g/mol. The fraction of sp³-hybridized carbons (Fsp3) is 0.250. The topological polar surface area (TPSA) is 37.6 Å². The smallest absolute Gasteiger partial charge is 0.259 e. The van der Waals surface area contributed by atoms with Gasteiger partial charge in [-0.05, 0) is 38.1 Å². The van der Waals surface area contributed by atoms with Gasteiger partial charge in [-0.3, -0.25) is 9.20 Å². The number of halogens is 1. The minimum atomic E-state index is -0.0223. The maximum absolute atomic E-state index is 12.2. The van der Waals surface area contributed by atoms with Gasteiger partial charge in [0.2, 0.25) is 0 Å². The first kappa shape index (κ1) is 15.1. The van der Waals surface area contributed by atoms with E-state index in [9.17, 15) is 4.79 Å². The Morgan fingerprint density at radius 1 is 1.32 bits per heavy atom. The van der Waals surface area contributed by atoms with Gasteiger partial charge in [0.25, 0.3) is 5.56 Å². The number of hydrogen-bond acceptors (Lipinski definition) is 4. The molecule has 0 spiro atoms. The number of benzene rings is 1. The van der Waals surface area contributed by atoms with Gasteiger partial charge >= 0.3 is 0 Å². The SMILES string of the molecule is CCN(Cc1cc(=O)n2c(C)csc2n1)c1ccc(Cl)cc1. The number of nitrogens with zero attached hydrogens (tertiary/aromatic N) is 3. The summed E-state index contributed by atoms with van der Waals surface area (Å²) in [5.41, 5.74) is 2.75. The molecule has 0 saturated carbocycles. The third kappa shape index (κ3) is 2.87. The molecule has 0 amide bonds. The van der Waals surface area contributed by atoms with E-state index >= 15 is 0 Å². The molecule has 4 nitrogen and oxygen atoms in total. The van der Waals surface area contributed by atoms with E-state index < -0.39 is 0 Å². The molecule has 6 heteroatoms. The van der Waals surface area contributed by atoms with E-state index in [1.807, 2.05) is 36.6 Å². The van der Waals surface area contributed by atoms with Gasteiger partial charge < -0.3 is 4.90 Å². The molecule has 0 unspecified atom stereocenters. The minimum Gasteiger partial charge on any atom is -0.366 e. The first-order chi connectivity index (χ1) is 10.6. The van der Waals surface area contributed by atoms with Crippen LogP contribution in [0.15, 0.2) is 40.5 Å². The van der Waals surface area contributed by atoms with Crippen LogP contribution in [0, 0.1) is 6.92 Å². The van der Waals surface area contributed by atoms with E-state index in [0.29, 0.717) is 11.6 Å². The molecule has 0 radical (unpaired) electrons. The molecule has 0 fully saturated rings. The fourth-order valence-corrected chi connectivity index (χ4v) is 3.43. The zero-order valence-corrected chi connectivity index (χ0v) is 14.0. The Morgan fingerprint density at radius 3 is 2.73 bits per heavy atom. The third-order valence-electron chi connectivity index (χ3n) is 3.55. The molecule has 2 heterocycles. The van der Waals surface area contributed by atoms with Crippen LogP contribution in [0.5, 0.6) is 0 Å². The van der Waals surface area contributed by atoms with Crippen LogP contribution >= 0.6 is 22.9 Å². The van der Waals surface area contributed by atoms with Gasteiger partial charge in [0.1, 0.15) is 0 Å². The van der Waals surface area contributed by atoms with Crippen molar-refractivity contribution in [3.63, 3.8) is 0 Å². The Kier molecular flexibility index (Phi) is 4.18. The number of aromatic nitrogens is 2. The van der Waals surface area contributed by atoms with Crippen molar-refractivity contribution in [2.45, 2.75) is 20.4 Å². The molecule has 0 bridgehead atoms. The molecule has 0 N–H and O–H groups in total. The normalized spacial score (nSPS) is 11.0. The summed E-state index contributed by atoms with van der Waals surface area (Å²) in [5.74, 6) is 0. The van der Waals surface area contributed by atoms with Crippen LogP contribution in [-0.2, 0) is 6.54 Å². The molecular formula is C16H16ClN3OS. The molecule has 3 aromatic rings. The Hall–Kier alpha value is -1.85. The summed E-state index contributed by atoms with van der Waals surface area (Å²) < 4.78 is 1.65. The summed E-state index contributed by atoms with van der Waals surface area (Å²) in [6, 6.07) is 9.31. The van der Waals surface area contributed by atoms with E-state index in [4.69, 9.17) is 11.6 Å². The standard InChI is InChI=1S/C16H16ClN3OS/c1-3-19(14-6-4-12(17)5-7-14)9-13-8-15(21)20-11(2)10-22-16(20)18-13/h4-8,10H,3,9H2,1-2H3. The van der Waals surface area contributed by atoms with Gasteiger partial charge in [-0.1, -0.05) is 11.6 Å². The lowest BCUT2D eigenvalue weighted by Gasteiger charge is -2.22. The summed E-state index contributed by atoms with van der Waals surface area (Å²) in [5, 5.41) is 2.66. The second kappa shape index (κ2) is 6.10. The molecular weight excluding hydrogens is 318 g/mol. The van der Waals surface area contributed by atoms with Crippen LogP contribution in [0.3, 0.4) is 0 Å². The van der Waals surface area contributed by atoms with Crippen molar-refractivity contribution in [3.8, 4) is 0 Å². The predicted octanol–water partition coefficient (Wildman–Crippen LogP) is 3.74. The summed E-state index contributed by atoms with van der Waals surface area (Å²) in [6.45, 7) is 5.42. The first-order valence-corrected chi connectivity index (χ1v) is 8.31. The van der Waals surface area contributed by atoms with Gasteiger partial charge in [-0.15, -0.1) is 11.3 Å². The lowest BCUT2D eigenvalue weighted by molar-refractivity contribution is 0.804. The quantitative estimate of drug-likeness (QED) is 0.730. The maximum Gasteiger partial charge on any atom is 0.259 e. The van der Waals surface area contributed by atoms with Crippen LogP contribution in [0.25, 0.3) is 4.96 Å². The Bertz CT molecular complexity index is 854. The molecule has 22 heavy (non-hydrogen) atoms. The lowest BCUT2D eigenvalue weighted by atomic mass is 10.2. The summed E-state index contributed by atoms with van der Waals surface area (Å²) in [4.78, 5) is 19.7. The minimum absolute atomic E-state index is 0.0223. The van der Waals surface area contributed by atoms with Crippen molar-refractivity contribution in [1.29, 1.82) is 0 Å². The summed E-state index contributed by atoms with van der Waals surface area (Å²) in [7, 11) is 0. The highest BCUT2D eigenvalue weighted by molar-refractivity contribution is 7.15. The van der Waals surface area contributed by atoms with Crippen molar-refractivity contribution < 1.29 is 0 Å².